The maximum Gasteiger partial charge on any atom is 0.248 e. The zero-order valence-electron chi connectivity index (χ0n) is 30.1. The summed E-state index contributed by atoms with van der Waals surface area (Å²) < 4.78 is 0. The summed E-state index contributed by atoms with van der Waals surface area (Å²) in [6.45, 7) is 7.78. The number of nitrogens with one attached hydrogen (secondary N) is 4. The minimum absolute atomic E-state index is 0.0104. The summed E-state index contributed by atoms with van der Waals surface area (Å²) in [6.07, 6.45) is 9.80. The summed E-state index contributed by atoms with van der Waals surface area (Å²) in [5.74, 6) is -2.80. The maximum absolute atomic E-state index is 13.9. The van der Waals surface area contributed by atoms with E-state index >= 15 is 0 Å². The Bertz CT molecular complexity index is 1500. The molecule has 2 aromatic carbocycles. The number of aromatic hydroxyl groups is 2. The molecule has 6 N–H and O–H groups in total. The molecule has 12 nitrogen and oxygen atoms in total. The maximum atomic E-state index is 13.9. The number of hydrogen-bond donors (Lipinski definition) is 6. The molecule has 3 rings (SSSR count). The number of likely N-dealkylation sites (N-methyl/N-ethyl adjacent to an activating group) is 1. The molecular formula is C38H55N5O7. The minimum Gasteiger partial charge on any atom is -0.507 e. The fraction of sp³-hybridized carbons (Fsp3) is 0.553. The number of unbranched alkanes of at least 4 members (excludes halogenated alkanes) is 7. The van der Waals surface area contributed by atoms with Crippen LogP contribution in [-0.4, -0.2) is 82.8 Å². The molecule has 4 unspecified atom stereocenters. The summed E-state index contributed by atoms with van der Waals surface area (Å²) in [4.78, 5) is 67.1. The van der Waals surface area contributed by atoms with Crippen LogP contribution in [-0.2, 0) is 30.4 Å². The molecule has 1 aliphatic heterocycles. The lowest BCUT2D eigenvalue weighted by Gasteiger charge is -2.30. The number of Topliss-reactive ketones (excluding diaryl/α,β-unsaturated/α-hetero) is 1. The molecule has 1 aliphatic rings. The quantitative estimate of drug-likeness (QED) is 0.143. The highest BCUT2D eigenvalue weighted by molar-refractivity contribution is 5.96. The SMILES string of the molecule is CCCCCCCCCCNCCC(=O)N(C)C1C(=O)NC(C)C(=O)NC(C(=O)NC(C)C(C)=O)Cc2ccc(O)c(c2)-c2cc1ccc2O. The highest BCUT2D eigenvalue weighted by Gasteiger charge is 2.33. The zero-order chi connectivity index (χ0) is 36.8. The standard InChI is InChI=1S/C38H55N5O7/c1-6-7-8-9-10-11-12-13-19-39-20-18-34(47)43(5)35-28-15-17-33(46)30(23-28)29-21-27(14-16-32(29)45)22-31(37(49)40-24(2)26(4)44)42-36(48)25(3)41-38(35)50/h14-17,21,23-25,31,35,39,45-46H,6-13,18-20,22H2,1-5H3,(H,40,49)(H,41,50)(H,42,48). The Balaban J connectivity index is 1.84. The van der Waals surface area contributed by atoms with E-state index in [9.17, 15) is 34.2 Å². The second-order valence-electron chi connectivity index (χ2n) is 13.3. The number of carbonyl (C=O) groups is 5. The van der Waals surface area contributed by atoms with E-state index in [0.29, 0.717) is 17.7 Å². The first-order valence-corrected chi connectivity index (χ1v) is 17.9. The predicted molar refractivity (Wildman–Crippen MR) is 192 cm³/mol. The number of hydrogen-bond acceptors (Lipinski definition) is 8. The van der Waals surface area contributed by atoms with E-state index in [-0.39, 0.29) is 47.2 Å². The fourth-order valence-corrected chi connectivity index (χ4v) is 5.96. The minimum atomic E-state index is -1.19. The number of phenolic OH excluding ortho intramolecular Hbond substituents is 2. The lowest BCUT2D eigenvalue weighted by molar-refractivity contribution is -0.140. The normalized spacial score (nSPS) is 18.3. The fourth-order valence-electron chi connectivity index (χ4n) is 5.96. The van der Waals surface area contributed by atoms with Crippen molar-refractivity contribution in [1.29, 1.82) is 0 Å². The summed E-state index contributed by atoms with van der Waals surface area (Å²) in [6, 6.07) is 4.84. The Morgan fingerprint density at radius 1 is 0.880 bits per heavy atom. The van der Waals surface area contributed by atoms with Gasteiger partial charge in [0.05, 0.1) is 6.04 Å². The molecule has 1 heterocycles. The van der Waals surface area contributed by atoms with Crippen LogP contribution in [0.15, 0.2) is 36.4 Å². The van der Waals surface area contributed by atoms with E-state index in [1.807, 2.05) is 0 Å². The molecule has 0 saturated carbocycles. The van der Waals surface area contributed by atoms with Crippen LogP contribution in [0.25, 0.3) is 11.1 Å². The number of benzene rings is 2. The van der Waals surface area contributed by atoms with Crippen molar-refractivity contribution in [1.82, 2.24) is 26.2 Å². The molecule has 50 heavy (non-hydrogen) atoms. The van der Waals surface area contributed by atoms with Gasteiger partial charge >= 0.3 is 0 Å². The second-order valence-corrected chi connectivity index (χ2v) is 13.3. The third kappa shape index (κ3) is 11.6. The van der Waals surface area contributed by atoms with Gasteiger partial charge in [-0.05, 0) is 69.1 Å². The van der Waals surface area contributed by atoms with Gasteiger partial charge in [0, 0.05) is 37.6 Å². The van der Waals surface area contributed by atoms with Crippen molar-refractivity contribution < 1.29 is 34.2 Å². The summed E-state index contributed by atoms with van der Waals surface area (Å²) >= 11 is 0. The smallest absolute Gasteiger partial charge is 0.248 e. The Kier molecular flexibility index (Phi) is 15.7. The molecule has 0 radical (unpaired) electrons. The van der Waals surface area contributed by atoms with Gasteiger partial charge in [-0.2, -0.15) is 0 Å². The molecule has 4 amide bonds. The monoisotopic (exact) mass is 693 g/mol. The largest absolute Gasteiger partial charge is 0.507 e. The summed E-state index contributed by atoms with van der Waals surface area (Å²) in [5, 5.41) is 33.0. The Labute approximate surface area is 295 Å². The van der Waals surface area contributed by atoms with Crippen LogP contribution in [0, 0.1) is 0 Å². The third-order valence-corrected chi connectivity index (χ3v) is 9.23. The van der Waals surface area contributed by atoms with Gasteiger partial charge in [0.25, 0.3) is 0 Å². The van der Waals surface area contributed by atoms with Crippen LogP contribution in [0.1, 0.15) is 103 Å². The molecule has 0 spiro atoms. The number of carbonyl (C=O) groups excluding carboxylic acids is 5. The van der Waals surface area contributed by atoms with E-state index in [1.54, 1.807) is 12.1 Å². The topological polar surface area (TPSA) is 177 Å². The third-order valence-electron chi connectivity index (χ3n) is 9.23. The summed E-state index contributed by atoms with van der Waals surface area (Å²) in [5.41, 5.74) is 1.36. The van der Waals surface area contributed by atoms with Gasteiger partial charge in [0.15, 0.2) is 5.78 Å². The van der Waals surface area contributed by atoms with E-state index < -0.39 is 41.9 Å². The number of fused-ring (bicyclic) bond motifs is 5. The van der Waals surface area contributed by atoms with Crippen molar-refractivity contribution in [3.63, 3.8) is 0 Å². The zero-order valence-corrected chi connectivity index (χ0v) is 30.1. The van der Waals surface area contributed by atoms with Crippen LogP contribution in [0.3, 0.4) is 0 Å². The van der Waals surface area contributed by atoms with Crippen LogP contribution < -0.4 is 21.3 Å². The van der Waals surface area contributed by atoms with Crippen molar-refractivity contribution in [2.24, 2.45) is 0 Å². The van der Waals surface area contributed by atoms with Crippen molar-refractivity contribution in [3.8, 4) is 22.6 Å². The van der Waals surface area contributed by atoms with Crippen molar-refractivity contribution in [2.45, 2.75) is 116 Å². The van der Waals surface area contributed by atoms with Gasteiger partial charge in [-0.3, -0.25) is 24.0 Å². The van der Waals surface area contributed by atoms with Crippen LogP contribution >= 0.6 is 0 Å². The van der Waals surface area contributed by atoms with E-state index in [2.05, 4.69) is 28.2 Å². The van der Waals surface area contributed by atoms with Crippen molar-refractivity contribution >= 4 is 29.4 Å². The first-order chi connectivity index (χ1) is 23.8. The van der Waals surface area contributed by atoms with Gasteiger partial charge < -0.3 is 36.4 Å². The Morgan fingerprint density at radius 2 is 1.50 bits per heavy atom. The average Bonchev–Trinajstić information content (AvgIpc) is 3.07. The molecule has 0 fully saturated rings. The first kappa shape index (κ1) is 40.0. The predicted octanol–water partition coefficient (Wildman–Crippen LogP) is 4.02. The van der Waals surface area contributed by atoms with Crippen LogP contribution in [0.2, 0.25) is 0 Å². The van der Waals surface area contributed by atoms with E-state index in [4.69, 9.17) is 0 Å². The van der Waals surface area contributed by atoms with Gasteiger partial charge in [-0.25, -0.2) is 0 Å². The molecular weight excluding hydrogens is 638 g/mol. The Hall–Kier alpha value is -4.45. The van der Waals surface area contributed by atoms with Crippen LogP contribution in [0.4, 0.5) is 0 Å². The van der Waals surface area contributed by atoms with Gasteiger partial charge in [-0.15, -0.1) is 0 Å². The highest BCUT2D eigenvalue weighted by Crippen LogP contribution is 2.38. The average molecular weight is 694 g/mol. The number of rotatable bonds is 16. The molecule has 0 aliphatic carbocycles. The van der Waals surface area contributed by atoms with E-state index in [1.165, 1.54) is 95.5 Å². The molecule has 12 heteroatoms. The first-order valence-electron chi connectivity index (χ1n) is 17.9. The molecule has 274 valence electrons. The molecule has 0 saturated heterocycles. The lowest BCUT2D eigenvalue weighted by atomic mass is 9.93. The van der Waals surface area contributed by atoms with Gasteiger partial charge in [0.2, 0.25) is 23.6 Å². The Morgan fingerprint density at radius 3 is 2.16 bits per heavy atom. The number of ketones is 1. The number of nitrogens with zero attached hydrogens (tertiary/aromatic N) is 1. The van der Waals surface area contributed by atoms with Gasteiger partial charge in [-0.1, -0.05) is 64.0 Å². The lowest BCUT2D eigenvalue weighted by Crippen LogP contribution is -2.56. The molecule has 2 aromatic rings. The summed E-state index contributed by atoms with van der Waals surface area (Å²) in [7, 11) is 1.51. The van der Waals surface area contributed by atoms with Crippen molar-refractivity contribution in [2.75, 3.05) is 20.1 Å². The highest BCUT2D eigenvalue weighted by atomic mass is 16.3. The van der Waals surface area contributed by atoms with Crippen LogP contribution in [0.5, 0.6) is 11.5 Å². The van der Waals surface area contributed by atoms with E-state index in [0.717, 1.165) is 19.4 Å². The number of amides is 4. The molecule has 0 aromatic heterocycles. The molecule has 4 atom stereocenters. The number of phenols is 2. The van der Waals surface area contributed by atoms with Gasteiger partial charge in [0.1, 0.15) is 29.6 Å². The van der Waals surface area contributed by atoms with Crippen molar-refractivity contribution in [3.05, 3.63) is 47.5 Å². The molecule has 4 bridgehead atoms. The second kappa shape index (κ2) is 19.7.